The van der Waals surface area contributed by atoms with Crippen molar-refractivity contribution in [2.75, 3.05) is 0 Å². The van der Waals surface area contributed by atoms with Crippen LogP contribution in [0.1, 0.15) is 44.3 Å². The molecule has 21 heavy (non-hydrogen) atoms. The maximum Gasteiger partial charge on any atom is 0.238 e. The van der Waals surface area contributed by atoms with Crippen LogP contribution in [-0.4, -0.2) is 5.78 Å². The summed E-state index contributed by atoms with van der Waals surface area (Å²) in [5.41, 5.74) is 3.32. The largest absolute Gasteiger partial charge is 0.453 e. The summed E-state index contributed by atoms with van der Waals surface area (Å²) in [6.07, 6.45) is 4.71. The second-order valence-corrected chi connectivity index (χ2v) is 6.88. The van der Waals surface area contributed by atoms with Crippen LogP contribution in [0.5, 0.6) is 0 Å². The van der Waals surface area contributed by atoms with Crippen molar-refractivity contribution < 1.29 is 9.21 Å². The molecule has 2 nitrogen and oxygen atoms in total. The van der Waals surface area contributed by atoms with Crippen molar-refractivity contribution in [2.45, 2.75) is 32.6 Å². The second-order valence-electron chi connectivity index (χ2n) is 5.75. The minimum absolute atomic E-state index is 0.0169. The van der Waals surface area contributed by atoms with Crippen LogP contribution < -0.4 is 0 Å². The number of hydrogen-bond donors (Lipinski definition) is 0. The van der Waals surface area contributed by atoms with Crippen molar-refractivity contribution in [3.8, 4) is 0 Å². The Hall–Kier alpha value is -1.87. The van der Waals surface area contributed by atoms with E-state index in [9.17, 15) is 4.79 Å². The van der Waals surface area contributed by atoms with Crippen LogP contribution in [0, 0.1) is 6.92 Å². The Morgan fingerprint density at radius 1 is 1.14 bits per heavy atom. The maximum atomic E-state index is 12.6. The predicted octanol–water partition coefficient (Wildman–Crippen LogP) is 4.91. The maximum absolute atomic E-state index is 12.6. The van der Waals surface area contributed by atoms with Gasteiger partial charge >= 0.3 is 0 Å². The first-order chi connectivity index (χ1) is 10.2. The van der Waals surface area contributed by atoms with Gasteiger partial charge in [0.2, 0.25) is 5.78 Å². The number of ketones is 1. The lowest BCUT2D eigenvalue weighted by Gasteiger charge is -2.08. The van der Waals surface area contributed by atoms with E-state index in [2.05, 4.69) is 12.1 Å². The summed E-state index contributed by atoms with van der Waals surface area (Å²) in [4.78, 5) is 14.8. The molecule has 0 fully saturated rings. The Bertz CT molecular complexity index is 815. The van der Waals surface area contributed by atoms with E-state index in [1.54, 1.807) is 11.3 Å². The van der Waals surface area contributed by atoms with Crippen molar-refractivity contribution in [1.82, 2.24) is 0 Å². The molecule has 0 radical (unpaired) electrons. The normalized spacial score (nSPS) is 14.3. The highest BCUT2D eigenvalue weighted by Crippen LogP contribution is 2.32. The van der Waals surface area contributed by atoms with Crippen LogP contribution in [-0.2, 0) is 12.8 Å². The zero-order valence-corrected chi connectivity index (χ0v) is 12.8. The average Bonchev–Trinajstić information content (AvgIpc) is 3.09. The molecule has 0 spiro atoms. The summed E-state index contributed by atoms with van der Waals surface area (Å²) >= 11 is 1.64. The fourth-order valence-corrected chi connectivity index (χ4v) is 4.20. The summed E-state index contributed by atoms with van der Waals surface area (Å²) in [6.45, 7) is 2.04. The third-order valence-corrected chi connectivity index (χ3v) is 5.35. The first-order valence-electron chi connectivity index (χ1n) is 7.37. The van der Waals surface area contributed by atoms with Gasteiger partial charge in [-0.05, 0) is 62.4 Å². The molecule has 2 aromatic heterocycles. The van der Waals surface area contributed by atoms with Gasteiger partial charge < -0.3 is 4.42 Å². The van der Waals surface area contributed by atoms with E-state index in [0.717, 1.165) is 28.7 Å². The van der Waals surface area contributed by atoms with Crippen molar-refractivity contribution >= 4 is 28.1 Å². The summed E-state index contributed by atoms with van der Waals surface area (Å²) in [5.74, 6) is 0.470. The molecule has 0 amide bonds. The van der Waals surface area contributed by atoms with Crippen molar-refractivity contribution in [1.29, 1.82) is 0 Å². The van der Waals surface area contributed by atoms with Gasteiger partial charge in [0.1, 0.15) is 5.58 Å². The Morgan fingerprint density at radius 3 is 2.86 bits per heavy atom. The van der Waals surface area contributed by atoms with E-state index >= 15 is 0 Å². The van der Waals surface area contributed by atoms with Gasteiger partial charge in [0.25, 0.3) is 0 Å². The van der Waals surface area contributed by atoms with Gasteiger partial charge in [-0.25, -0.2) is 0 Å². The molecule has 0 bridgehead atoms. The Balaban J connectivity index is 1.73. The summed E-state index contributed by atoms with van der Waals surface area (Å²) in [7, 11) is 0. The highest BCUT2D eigenvalue weighted by atomic mass is 32.1. The van der Waals surface area contributed by atoms with Gasteiger partial charge in [0.15, 0.2) is 5.76 Å². The van der Waals surface area contributed by atoms with E-state index in [-0.39, 0.29) is 5.78 Å². The zero-order chi connectivity index (χ0) is 14.4. The first-order valence-corrected chi connectivity index (χ1v) is 8.19. The number of furan rings is 1. The molecule has 0 aliphatic heterocycles. The van der Waals surface area contributed by atoms with Crippen LogP contribution >= 0.6 is 11.3 Å². The number of benzene rings is 1. The van der Waals surface area contributed by atoms with E-state index in [1.165, 1.54) is 28.8 Å². The lowest BCUT2D eigenvalue weighted by atomic mass is 9.99. The number of carbonyl (C=O) groups excluding carboxylic acids is 1. The van der Waals surface area contributed by atoms with Gasteiger partial charge in [-0.2, -0.15) is 0 Å². The first kappa shape index (κ1) is 12.8. The number of thiophene rings is 1. The topological polar surface area (TPSA) is 30.2 Å². The number of rotatable bonds is 2. The molecule has 3 aromatic rings. The van der Waals surface area contributed by atoms with Gasteiger partial charge in [-0.3, -0.25) is 4.79 Å². The monoisotopic (exact) mass is 296 g/mol. The van der Waals surface area contributed by atoms with Crippen molar-refractivity contribution in [2.24, 2.45) is 0 Å². The molecule has 3 heteroatoms. The molecular formula is C18H16O2S. The summed E-state index contributed by atoms with van der Waals surface area (Å²) in [5, 5.41) is 1.000. The molecule has 0 N–H and O–H groups in total. The Morgan fingerprint density at radius 2 is 2.00 bits per heavy atom. The van der Waals surface area contributed by atoms with Gasteiger partial charge in [-0.1, -0.05) is 11.6 Å². The van der Waals surface area contributed by atoms with Crippen LogP contribution in [0.3, 0.4) is 0 Å². The molecule has 106 valence electrons. The Kier molecular flexibility index (Phi) is 2.96. The standard InChI is InChI=1S/C18H16O2S/c1-11-6-7-14-13(8-11)9-15(20-14)18(19)17-10-12-4-2-3-5-16(12)21-17/h6-10H,2-5H2,1H3. The highest BCUT2D eigenvalue weighted by Gasteiger charge is 2.20. The smallest absolute Gasteiger partial charge is 0.238 e. The molecule has 1 aromatic carbocycles. The number of aryl methyl sites for hydroxylation is 3. The minimum atomic E-state index is 0.0169. The summed E-state index contributed by atoms with van der Waals surface area (Å²) in [6, 6.07) is 9.92. The third kappa shape index (κ3) is 2.22. The van der Waals surface area contributed by atoms with E-state index < -0.39 is 0 Å². The van der Waals surface area contributed by atoms with Crippen LogP contribution in [0.25, 0.3) is 11.0 Å². The zero-order valence-electron chi connectivity index (χ0n) is 11.9. The minimum Gasteiger partial charge on any atom is -0.453 e. The van der Waals surface area contributed by atoms with E-state index in [1.807, 2.05) is 25.1 Å². The van der Waals surface area contributed by atoms with Crippen LogP contribution in [0.4, 0.5) is 0 Å². The second kappa shape index (κ2) is 4.85. The van der Waals surface area contributed by atoms with Gasteiger partial charge in [0.05, 0.1) is 4.88 Å². The molecule has 0 unspecified atom stereocenters. The van der Waals surface area contributed by atoms with Crippen LogP contribution in [0.2, 0.25) is 0 Å². The van der Waals surface area contributed by atoms with Gasteiger partial charge in [0, 0.05) is 10.3 Å². The average molecular weight is 296 g/mol. The fourth-order valence-electron chi connectivity index (χ4n) is 3.00. The molecule has 2 heterocycles. The number of carbonyl (C=O) groups is 1. The molecule has 1 aliphatic rings. The van der Waals surface area contributed by atoms with Crippen molar-refractivity contribution in [3.63, 3.8) is 0 Å². The van der Waals surface area contributed by atoms with Crippen molar-refractivity contribution in [3.05, 3.63) is 57.0 Å². The van der Waals surface area contributed by atoms with Gasteiger partial charge in [-0.15, -0.1) is 11.3 Å². The number of hydrogen-bond acceptors (Lipinski definition) is 3. The Labute approximate surface area is 127 Å². The molecule has 1 aliphatic carbocycles. The fraction of sp³-hybridized carbons (Fsp3) is 0.278. The lowest BCUT2D eigenvalue weighted by Crippen LogP contribution is -1.97. The quantitative estimate of drug-likeness (QED) is 0.629. The van der Waals surface area contributed by atoms with E-state index in [0.29, 0.717) is 5.76 Å². The molecule has 0 atom stereocenters. The molecule has 4 rings (SSSR count). The highest BCUT2D eigenvalue weighted by molar-refractivity contribution is 7.14. The SMILES string of the molecule is Cc1ccc2oc(C(=O)c3cc4c(s3)CCCC4)cc2c1. The summed E-state index contributed by atoms with van der Waals surface area (Å²) < 4.78 is 5.73. The third-order valence-electron chi connectivity index (χ3n) is 4.12. The predicted molar refractivity (Wildman–Crippen MR) is 85.3 cm³/mol. The lowest BCUT2D eigenvalue weighted by molar-refractivity contribution is 0.101. The molecule has 0 saturated carbocycles. The van der Waals surface area contributed by atoms with E-state index in [4.69, 9.17) is 4.42 Å². The number of fused-ring (bicyclic) bond motifs is 2. The molecule has 0 saturated heterocycles. The van der Waals surface area contributed by atoms with Crippen LogP contribution in [0.15, 0.2) is 34.7 Å². The molecular weight excluding hydrogens is 280 g/mol.